The Morgan fingerprint density at radius 3 is 1.70 bits per heavy atom. The fraction of sp³-hybridized carbons (Fsp3) is 0.368. The summed E-state index contributed by atoms with van der Waals surface area (Å²) in [5.74, 6) is -0.508. The average molecular weight is 418 g/mol. The van der Waals surface area contributed by atoms with Gasteiger partial charge in [-0.2, -0.15) is 0 Å². The lowest BCUT2D eigenvalue weighted by Crippen LogP contribution is -3.14. The van der Waals surface area contributed by atoms with Gasteiger partial charge in [0.05, 0.1) is 31.1 Å². The molecule has 0 aliphatic carbocycles. The van der Waals surface area contributed by atoms with Crippen molar-refractivity contribution in [3.05, 3.63) is 71.3 Å². The fourth-order valence-corrected chi connectivity index (χ4v) is 4.74. The van der Waals surface area contributed by atoms with Gasteiger partial charge in [0, 0.05) is 6.42 Å². The maximum absolute atomic E-state index is 13.3. The van der Waals surface area contributed by atoms with Crippen LogP contribution in [0.25, 0.3) is 0 Å². The molecule has 1 fully saturated rings. The molecule has 1 heterocycles. The van der Waals surface area contributed by atoms with E-state index in [0.29, 0.717) is 37.2 Å². The standard InChI is InChI=1S/C19H21F2NO3S.ClH/c20-17-5-1-15(2-6-17)19(23,16-3-7-18(21)8-4-16)9-10-22-11-13-26(24,25)14-12-22;/h1-8,23H,9-14H2;1H. The Labute approximate surface area is 164 Å². The van der Waals surface area contributed by atoms with Gasteiger partial charge in [-0.1, -0.05) is 24.3 Å². The van der Waals surface area contributed by atoms with Gasteiger partial charge in [-0.25, -0.2) is 17.2 Å². The summed E-state index contributed by atoms with van der Waals surface area (Å²) in [4.78, 5) is 1.10. The topological polar surface area (TPSA) is 58.8 Å². The fourth-order valence-electron chi connectivity index (χ4n) is 3.34. The normalized spacial score (nSPS) is 17.3. The molecular formula is C19H22ClF2NO3S. The molecule has 0 spiro atoms. The van der Waals surface area contributed by atoms with Crippen LogP contribution < -0.4 is 17.3 Å². The van der Waals surface area contributed by atoms with Gasteiger partial charge >= 0.3 is 0 Å². The third-order valence-corrected chi connectivity index (χ3v) is 6.67. The summed E-state index contributed by atoms with van der Waals surface area (Å²) in [5, 5.41) is 11.4. The average Bonchev–Trinajstić information content (AvgIpc) is 2.61. The minimum Gasteiger partial charge on any atom is -1.00 e. The van der Waals surface area contributed by atoms with Crippen LogP contribution in [0, 0.1) is 11.6 Å². The van der Waals surface area contributed by atoms with Crippen LogP contribution in [0.4, 0.5) is 8.78 Å². The molecular weight excluding hydrogens is 396 g/mol. The van der Waals surface area contributed by atoms with E-state index in [9.17, 15) is 22.3 Å². The van der Waals surface area contributed by atoms with Gasteiger partial charge in [0.25, 0.3) is 0 Å². The molecule has 148 valence electrons. The highest BCUT2D eigenvalue weighted by Crippen LogP contribution is 2.32. The molecule has 1 aliphatic rings. The van der Waals surface area contributed by atoms with Crippen molar-refractivity contribution in [3.8, 4) is 0 Å². The second-order valence-electron chi connectivity index (χ2n) is 6.78. The summed E-state index contributed by atoms with van der Waals surface area (Å²) >= 11 is 0. The minimum atomic E-state index is -2.95. The predicted molar refractivity (Wildman–Crippen MR) is 94.6 cm³/mol. The van der Waals surface area contributed by atoms with E-state index in [1.807, 2.05) is 0 Å². The quantitative estimate of drug-likeness (QED) is 0.586. The Kier molecular flexibility index (Phi) is 6.97. The Bertz CT molecular complexity index is 798. The summed E-state index contributed by atoms with van der Waals surface area (Å²) in [6.45, 7) is 1.57. The summed E-state index contributed by atoms with van der Waals surface area (Å²) < 4.78 is 49.7. The number of halogens is 3. The number of benzene rings is 2. The van der Waals surface area contributed by atoms with Crippen molar-refractivity contribution < 1.29 is 39.6 Å². The summed E-state index contributed by atoms with van der Waals surface area (Å²) in [6, 6.07) is 11.2. The first-order chi connectivity index (χ1) is 12.3. The zero-order valence-electron chi connectivity index (χ0n) is 14.7. The molecule has 0 atom stereocenters. The number of rotatable bonds is 5. The van der Waals surface area contributed by atoms with Gasteiger partial charge in [0.1, 0.15) is 17.2 Å². The van der Waals surface area contributed by atoms with E-state index >= 15 is 0 Å². The first-order valence-corrected chi connectivity index (χ1v) is 10.4. The molecule has 0 saturated carbocycles. The Balaban J connectivity index is 0.00000261. The van der Waals surface area contributed by atoms with E-state index < -0.39 is 27.1 Å². The summed E-state index contributed by atoms with van der Waals surface area (Å²) in [6.07, 6.45) is 0.319. The number of hydrogen-bond acceptors (Lipinski definition) is 3. The van der Waals surface area contributed by atoms with Crippen LogP contribution >= 0.6 is 0 Å². The Morgan fingerprint density at radius 2 is 1.30 bits per heavy atom. The van der Waals surface area contributed by atoms with Crippen molar-refractivity contribution in [1.82, 2.24) is 0 Å². The highest BCUT2D eigenvalue weighted by atomic mass is 35.5. The van der Waals surface area contributed by atoms with Crippen molar-refractivity contribution in [2.45, 2.75) is 12.0 Å². The molecule has 27 heavy (non-hydrogen) atoms. The third-order valence-electron chi connectivity index (χ3n) is 5.02. The maximum Gasteiger partial charge on any atom is 0.161 e. The number of hydrogen-bond donors (Lipinski definition) is 2. The van der Waals surface area contributed by atoms with Gasteiger partial charge in [0.2, 0.25) is 0 Å². The van der Waals surface area contributed by atoms with Gasteiger partial charge in [-0.05, 0) is 35.4 Å². The molecule has 2 aromatic carbocycles. The minimum absolute atomic E-state index is 0. The Morgan fingerprint density at radius 1 is 0.889 bits per heavy atom. The van der Waals surface area contributed by atoms with Crippen molar-refractivity contribution in [2.24, 2.45) is 0 Å². The van der Waals surface area contributed by atoms with Crippen LogP contribution in [-0.4, -0.2) is 44.7 Å². The van der Waals surface area contributed by atoms with E-state index in [-0.39, 0.29) is 23.9 Å². The lowest BCUT2D eigenvalue weighted by molar-refractivity contribution is -0.897. The molecule has 2 N–H and O–H groups in total. The van der Waals surface area contributed by atoms with Crippen molar-refractivity contribution in [3.63, 3.8) is 0 Å². The summed E-state index contributed by atoms with van der Waals surface area (Å²) in [5.41, 5.74) is -0.353. The first-order valence-electron chi connectivity index (χ1n) is 8.57. The van der Waals surface area contributed by atoms with Crippen molar-refractivity contribution >= 4 is 9.84 Å². The zero-order valence-corrected chi connectivity index (χ0v) is 16.2. The molecule has 3 rings (SSSR count). The van der Waals surface area contributed by atoms with Gasteiger partial charge in [0.15, 0.2) is 9.84 Å². The van der Waals surface area contributed by atoms with Crippen LogP contribution in [0.5, 0.6) is 0 Å². The molecule has 2 aromatic rings. The lowest BCUT2D eigenvalue weighted by Gasteiger charge is -2.32. The molecule has 0 radical (unpaired) electrons. The summed E-state index contributed by atoms with van der Waals surface area (Å²) in [7, 11) is -2.95. The lowest BCUT2D eigenvalue weighted by atomic mass is 9.83. The predicted octanol–water partition coefficient (Wildman–Crippen LogP) is -2.09. The molecule has 1 aliphatic heterocycles. The molecule has 0 aromatic heterocycles. The largest absolute Gasteiger partial charge is 1.00 e. The van der Waals surface area contributed by atoms with Gasteiger partial charge in [-0.3, -0.25) is 0 Å². The van der Waals surface area contributed by atoms with E-state index in [1.165, 1.54) is 48.5 Å². The molecule has 0 unspecified atom stereocenters. The van der Waals surface area contributed by atoms with Crippen LogP contribution in [0.1, 0.15) is 17.5 Å². The molecule has 1 saturated heterocycles. The van der Waals surface area contributed by atoms with Crippen LogP contribution in [0.2, 0.25) is 0 Å². The maximum atomic E-state index is 13.3. The van der Waals surface area contributed by atoms with E-state index in [4.69, 9.17) is 0 Å². The van der Waals surface area contributed by atoms with Crippen molar-refractivity contribution in [2.75, 3.05) is 31.1 Å². The Hall–Kier alpha value is -1.54. The van der Waals surface area contributed by atoms with E-state index in [2.05, 4.69) is 0 Å². The molecule has 4 nitrogen and oxygen atoms in total. The van der Waals surface area contributed by atoms with Crippen molar-refractivity contribution in [1.29, 1.82) is 0 Å². The number of sulfone groups is 1. The first kappa shape index (κ1) is 21.8. The highest BCUT2D eigenvalue weighted by Gasteiger charge is 2.34. The molecule has 0 bridgehead atoms. The SMILES string of the molecule is O=S1(=O)CC[NH+](CCC(O)(c2ccc(F)cc2)c2ccc(F)cc2)CC1.[Cl-]. The van der Waals surface area contributed by atoms with Gasteiger partial charge in [-0.15, -0.1) is 0 Å². The van der Waals surface area contributed by atoms with Crippen LogP contribution in [0.3, 0.4) is 0 Å². The number of aliphatic hydroxyl groups is 1. The zero-order chi connectivity index (χ0) is 18.8. The van der Waals surface area contributed by atoms with E-state index in [0.717, 1.165) is 4.90 Å². The second-order valence-corrected chi connectivity index (χ2v) is 9.08. The highest BCUT2D eigenvalue weighted by molar-refractivity contribution is 7.91. The second kappa shape index (κ2) is 8.65. The monoisotopic (exact) mass is 417 g/mol. The van der Waals surface area contributed by atoms with Crippen LogP contribution in [0.15, 0.2) is 48.5 Å². The smallest absolute Gasteiger partial charge is 0.161 e. The molecule has 0 amide bonds. The van der Waals surface area contributed by atoms with Gasteiger partial charge < -0.3 is 22.4 Å². The van der Waals surface area contributed by atoms with E-state index in [1.54, 1.807) is 0 Å². The third kappa shape index (κ3) is 5.25. The number of nitrogens with one attached hydrogen (secondary N) is 1. The van der Waals surface area contributed by atoms with Crippen LogP contribution in [-0.2, 0) is 15.4 Å². The number of quaternary nitrogens is 1. The molecule has 8 heteroatoms.